The van der Waals surface area contributed by atoms with Crippen molar-refractivity contribution in [1.82, 2.24) is 10.2 Å². The standard InChI is InChI=1S/C28H32N2O/c1-31-25-15-9-8-14-24(25)20-29-27-23-16-18-30(19-17-23)28(27)26(21-10-4-2-5-11-21)22-12-6-3-7-13-22/h2-15,23,26-29H,16-20H2,1H3/t27?,28-/m0/s1. The molecule has 0 saturated carbocycles. The molecule has 0 spiro atoms. The number of hydrogen-bond acceptors (Lipinski definition) is 3. The van der Waals surface area contributed by atoms with Gasteiger partial charge in [0.1, 0.15) is 5.75 Å². The van der Waals surface area contributed by atoms with Crippen molar-refractivity contribution in [2.45, 2.75) is 37.4 Å². The van der Waals surface area contributed by atoms with Gasteiger partial charge < -0.3 is 10.1 Å². The van der Waals surface area contributed by atoms with Gasteiger partial charge in [0.2, 0.25) is 0 Å². The second kappa shape index (κ2) is 9.25. The van der Waals surface area contributed by atoms with Gasteiger partial charge in [-0.25, -0.2) is 0 Å². The Morgan fingerprint density at radius 1 is 0.839 bits per heavy atom. The van der Waals surface area contributed by atoms with Crippen molar-refractivity contribution >= 4 is 0 Å². The Balaban J connectivity index is 1.49. The first-order chi connectivity index (χ1) is 15.3. The average Bonchev–Trinajstić information content (AvgIpc) is 2.85. The van der Waals surface area contributed by atoms with Gasteiger partial charge >= 0.3 is 0 Å². The number of piperidine rings is 3. The molecule has 3 heterocycles. The van der Waals surface area contributed by atoms with Crippen LogP contribution in [0.25, 0.3) is 0 Å². The largest absolute Gasteiger partial charge is 0.496 e. The van der Waals surface area contributed by atoms with Crippen molar-refractivity contribution in [1.29, 1.82) is 0 Å². The van der Waals surface area contributed by atoms with E-state index in [1.54, 1.807) is 7.11 Å². The second-order valence-electron chi connectivity index (χ2n) is 8.88. The van der Waals surface area contributed by atoms with Crippen molar-refractivity contribution in [3.05, 3.63) is 102 Å². The first kappa shape index (κ1) is 20.3. The molecule has 2 atom stereocenters. The van der Waals surface area contributed by atoms with Gasteiger partial charge in [-0.05, 0) is 49.0 Å². The van der Waals surface area contributed by atoms with E-state index in [0.29, 0.717) is 18.0 Å². The van der Waals surface area contributed by atoms with Gasteiger partial charge in [0.15, 0.2) is 0 Å². The number of nitrogens with zero attached hydrogens (tertiary/aromatic N) is 1. The highest BCUT2D eigenvalue weighted by Crippen LogP contribution is 2.42. The van der Waals surface area contributed by atoms with E-state index in [1.165, 1.54) is 42.6 Å². The third-order valence-electron chi connectivity index (χ3n) is 7.25. The van der Waals surface area contributed by atoms with Gasteiger partial charge in [0, 0.05) is 30.1 Å². The number of nitrogens with one attached hydrogen (secondary N) is 1. The van der Waals surface area contributed by atoms with Crippen LogP contribution in [-0.4, -0.2) is 37.2 Å². The van der Waals surface area contributed by atoms with E-state index in [1.807, 2.05) is 6.07 Å². The number of fused-ring (bicyclic) bond motifs is 3. The molecule has 3 aromatic carbocycles. The Hall–Kier alpha value is -2.62. The summed E-state index contributed by atoms with van der Waals surface area (Å²) >= 11 is 0. The zero-order valence-corrected chi connectivity index (χ0v) is 18.3. The molecule has 3 saturated heterocycles. The molecule has 3 heteroatoms. The van der Waals surface area contributed by atoms with Crippen LogP contribution in [0.4, 0.5) is 0 Å². The number of rotatable bonds is 7. The zero-order valence-electron chi connectivity index (χ0n) is 18.3. The van der Waals surface area contributed by atoms with Crippen LogP contribution < -0.4 is 10.1 Å². The zero-order chi connectivity index (χ0) is 21.0. The number of hydrogen-bond donors (Lipinski definition) is 1. The summed E-state index contributed by atoms with van der Waals surface area (Å²) in [6.45, 7) is 3.25. The molecule has 0 aliphatic carbocycles. The van der Waals surface area contributed by atoms with Gasteiger partial charge in [0.25, 0.3) is 0 Å². The van der Waals surface area contributed by atoms with Gasteiger partial charge in [0.05, 0.1) is 7.11 Å². The molecule has 0 amide bonds. The van der Waals surface area contributed by atoms with E-state index in [4.69, 9.17) is 4.74 Å². The summed E-state index contributed by atoms with van der Waals surface area (Å²) in [4.78, 5) is 2.74. The smallest absolute Gasteiger partial charge is 0.123 e. The van der Waals surface area contributed by atoms with Crippen molar-refractivity contribution in [2.24, 2.45) is 5.92 Å². The Bertz CT molecular complexity index is 927. The van der Waals surface area contributed by atoms with Crippen LogP contribution in [0.3, 0.4) is 0 Å². The summed E-state index contributed by atoms with van der Waals surface area (Å²) in [5.41, 5.74) is 4.06. The Morgan fingerprint density at radius 2 is 1.42 bits per heavy atom. The minimum Gasteiger partial charge on any atom is -0.496 e. The van der Waals surface area contributed by atoms with E-state index >= 15 is 0 Å². The molecular weight excluding hydrogens is 380 g/mol. The minimum absolute atomic E-state index is 0.362. The molecule has 0 aromatic heterocycles. The van der Waals surface area contributed by atoms with Gasteiger partial charge in [-0.3, -0.25) is 4.90 Å². The van der Waals surface area contributed by atoms with Crippen LogP contribution in [-0.2, 0) is 6.54 Å². The summed E-state index contributed by atoms with van der Waals surface area (Å²) < 4.78 is 5.61. The summed E-state index contributed by atoms with van der Waals surface area (Å²) in [6, 6.07) is 31.5. The lowest BCUT2D eigenvalue weighted by Gasteiger charge is -2.54. The maximum absolute atomic E-state index is 5.61. The molecular formula is C28H32N2O. The normalized spacial score (nSPS) is 25.0. The molecule has 2 bridgehead atoms. The number of para-hydroxylation sites is 1. The molecule has 3 aliphatic heterocycles. The lowest BCUT2D eigenvalue weighted by Crippen LogP contribution is -2.64. The van der Waals surface area contributed by atoms with E-state index in [9.17, 15) is 0 Å². The third kappa shape index (κ3) is 4.13. The highest BCUT2D eigenvalue weighted by Gasteiger charge is 2.46. The quantitative estimate of drug-likeness (QED) is 0.586. The summed E-state index contributed by atoms with van der Waals surface area (Å²) in [5.74, 6) is 2.05. The first-order valence-corrected chi connectivity index (χ1v) is 11.5. The topological polar surface area (TPSA) is 24.5 Å². The van der Waals surface area contributed by atoms with E-state index < -0.39 is 0 Å². The first-order valence-electron chi connectivity index (χ1n) is 11.5. The van der Waals surface area contributed by atoms with E-state index in [0.717, 1.165) is 18.2 Å². The lowest BCUT2D eigenvalue weighted by molar-refractivity contribution is 0.00462. The monoisotopic (exact) mass is 412 g/mol. The number of methoxy groups -OCH3 is 1. The van der Waals surface area contributed by atoms with Gasteiger partial charge in [-0.2, -0.15) is 0 Å². The maximum Gasteiger partial charge on any atom is 0.123 e. The Labute approximate surface area is 186 Å². The van der Waals surface area contributed by atoms with Crippen molar-refractivity contribution < 1.29 is 4.74 Å². The van der Waals surface area contributed by atoms with Crippen molar-refractivity contribution in [3.63, 3.8) is 0 Å². The fourth-order valence-corrected chi connectivity index (χ4v) is 5.77. The molecule has 3 fully saturated rings. The van der Waals surface area contributed by atoms with Crippen LogP contribution in [0, 0.1) is 5.92 Å². The van der Waals surface area contributed by atoms with Crippen LogP contribution in [0.2, 0.25) is 0 Å². The average molecular weight is 413 g/mol. The molecule has 160 valence electrons. The van der Waals surface area contributed by atoms with Crippen LogP contribution >= 0.6 is 0 Å². The molecule has 3 nitrogen and oxygen atoms in total. The van der Waals surface area contributed by atoms with Crippen molar-refractivity contribution in [2.75, 3.05) is 20.2 Å². The molecule has 3 aromatic rings. The van der Waals surface area contributed by atoms with Crippen LogP contribution in [0.1, 0.15) is 35.4 Å². The lowest BCUT2D eigenvalue weighted by atomic mass is 9.70. The summed E-state index contributed by atoms with van der Waals surface area (Å²) in [7, 11) is 1.76. The number of ether oxygens (including phenoxy) is 1. The molecule has 6 rings (SSSR count). The van der Waals surface area contributed by atoms with E-state index in [-0.39, 0.29) is 0 Å². The molecule has 1 unspecified atom stereocenters. The SMILES string of the molecule is COc1ccccc1CNC1C2CCN(CC2)[C@H]1C(c1ccccc1)c1ccccc1. The van der Waals surface area contributed by atoms with Crippen LogP contribution in [0.5, 0.6) is 5.75 Å². The maximum atomic E-state index is 5.61. The second-order valence-corrected chi connectivity index (χ2v) is 8.88. The molecule has 1 N–H and O–H groups in total. The third-order valence-corrected chi connectivity index (χ3v) is 7.25. The predicted octanol–water partition coefficient (Wildman–Crippen LogP) is 5.08. The van der Waals surface area contributed by atoms with Crippen LogP contribution in [0.15, 0.2) is 84.9 Å². The summed E-state index contributed by atoms with van der Waals surface area (Å²) in [6.07, 6.45) is 2.58. The fraction of sp³-hybridized carbons (Fsp3) is 0.357. The Morgan fingerprint density at radius 3 is 2.03 bits per heavy atom. The molecule has 0 radical (unpaired) electrons. The minimum atomic E-state index is 0.362. The highest BCUT2D eigenvalue weighted by atomic mass is 16.5. The fourth-order valence-electron chi connectivity index (χ4n) is 5.77. The summed E-state index contributed by atoms with van der Waals surface area (Å²) in [5, 5.41) is 3.99. The van der Waals surface area contributed by atoms with Gasteiger partial charge in [-0.15, -0.1) is 0 Å². The molecule has 31 heavy (non-hydrogen) atoms. The van der Waals surface area contributed by atoms with Gasteiger partial charge in [-0.1, -0.05) is 78.9 Å². The molecule has 3 aliphatic rings. The predicted molar refractivity (Wildman–Crippen MR) is 126 cm³/mol. The van der Waals surface area contributed by atoms with Crippen molar-refractivity contribution in [3.8, 4) is 5.75 Å². The van der Waals surface area contributed by atoms with E-state index in [2.05, 4.69) is 89.1 Å². The Kier molecular flexibility index (Phi) is 6.06. The highest BCUT2D eigenvalue weighted by molar-refractivity contribution is 5.37. The number of benzene rings is 3.